The van der Waals surface area contributed by atoms with Gasteiger partial charge in [-0.2, -0.15) is 0 Å². The molecule has 27 heavy (non-hydrogen) atoms. The van der Waals surface area contributed by atoms with E-state index in [4.69, 9.17) is 0 Å². The van der Waals surface area contributed by atoms with Gasteiger partial charge in [0.2, 0.25) is 0 Å². The minimum atomic E-state index is -1.13. The molecule has 0 saturated carbocycles. The lowest BCUT2D eigenvalue weighted by molar-refractivity contribution is 0.103. The fourth-order valence-electron chi connectivity index (χ4n) is 3.70. The summed E-state index contributed by atoms with van der Waals surface area (Å²) in [5.74, 6) is 0. The minimum Gasteiger partial charge on any atom is -0.381 e. The Labute approximate surface area is 160 Å². The number of rotatable bonds is 4. The number of benzene rings is 4. The van der Waals surface area contributed by atoms with Crippen LogP contribution in [0.5, 0.6) is 0 Å². The lowest BCUT2D eigenvalue weighted by Gasteiger charge is -2.29. The molecule has 0 fully saturated rings. The van der Waals surface area contributed by atoms with Crippen LogP contribution >= 0.6 is 0 Å². The Morgan fingerprint density at radius 3 is 1.22 bits per heavy atom. The van der Waals surface area contributed by atoms with Crippen molar-refractivity contribution in [2.24, 2.45) is 0 Å². The first kappa shape index (κ1) is 17.3. The first-order valence-electron chi connectivity index (χ1n) is 9.20. The van der Waals surface area contributed by atoms with Crippen LogP contribution in [0.15, 0.2) is 109 Å². The molecule has 0 saturated heterocycles. The Morgan fingerprint density at radius 2 is 0.815 bits per heavy atom. The summed E-state index contributed by atoms with van der Waals surface area (Å²) in [5, 5.41) is 11.7. The van der Waals surface area contributed by atoms with Crippen molar-refractivity contribution in [2.75, 3.05) is 0 Å². The Bertz CT molecular complexity index is 949. The van der Waals surface area contributed by atoms with E-state index >= 15 is 0 Å². The van der Waals surface area contributed by atoms with E-state index in [0.717, 1.165) is 33.4 Å². The molecule has 4 aromatic rings. The van der Waals surface area contributed by atoms with Crippen LogP contribution in [0.25, 0.3) is 22.3 Å². The summed E-state index contributed by atoms with van der Waals surface area (Å²) in [7, 11) is 0. The van der Waals surface area contributed by atoms with Crippen LogP contribution in [0, 0.1) is 0 Å². The van der Waals surface area contributed by atoms with Gasteiger partial charge in [-0.15, -0.1) is 0 Å². The van der Waals surface area contributed by atoms with Gasteiger partial charge in [-0.05, 0) is 40.3 Å². The van der Waals surface area contributed by atoms with Crippen LogP contribution in [0.3, 0.4) is 0 Å². The van der Waals surface area contributed by atoms with Gasteiger partial charge in [0.25, 0.3) is 0 Å². The molecule has 0 atom stereocenters. The smallest absolute Gasteiger partial charge is 0.113 e. The van der Waals surface area contributed by atoms with Crippen molar-refractivity contribution in [1.29, 1.82) is 0 Å². The van der Waals surface area contributed by atoms with Gasteiger partial charge in [-0.3, -0.25) is 0 Å². The summed E-state index contributed by atoms with van der Waals surface area (Å²) < 4.78 is 0. The quantitative estimate of drug-likeness (QED) is 0.459. The molecule has 132 valence electrons. The van der Waals surface area contributed by atoms with Crippen molar-refractivity contribution in [1.82, 2.24) is 0 Å². The molecule has 0 aliphatic heterocycles. The minimum absolute atomic E-state index is 0.902. The van der Waals surface area contributed by atoms with E-state index < -0.39 is 5.60 Å². The van der Waals surface area contributed by atoms with Crippen LogP contribution in [-0.4, -0.2) is 5.11 Å². The van der Waals surface area contributed by atoms with E-state index in [1.54, 1.807) is 0 Å². The summed E-state index contributed by atoms with van der Waals surface area (Å²) in [6.07, 6.45) is 0. The second kappa shape index (κ2) is 7.22. The van der Waals surface area contributed by atoms with Crippen molar-refractivity contribution in [3.05, 3.63) is 120 Å². The zero-order valence-electron chi connectivity index (χ0n) is 15.3. The molecule has 0 aliphatic rings. The van der Waals surface area contributed by atoms with Crippen molar-refractivity contribution in [3.8, 4) is 22.3 Å². The molecule has 0 heterocycles. The van der Waals surface area contributed by atoms with Crippen molar-refractivity contribution in [3.63, 3.8) is 0 Å². The standard InChI is InChI=1S/C26H22O/c1-26(27,24-18-10-8-16-22(24)20-12-4-2-5-13-20)25-19-11-9-17-23(25)21-14-6-3-7-15-21/h2-19,27H,1H3. The molecule has 0 aliphatic carbocycles. The highest BCUT2D eigenvalue weighted by Crippen LogP contribution is 2.40. The molecule has 0 aromatic heterocycles. The fraction of sp³-hybridized carbons (Fsp3) is 0.0769. The Kier molecular flexibility index (Phi) is 4.62. The Hall–Kier alpha value is -3.16. The molecule has 1 N–H and O–H groups in total. The second-order valence-corrected chi connectivity index (χ2v) is 6.90. The largest absolute Gasteiger partial charge is 0.381 e. The van der Waals surface area contributed by atoms with Gasteiger partial charge < -0.3 is 5.11 Å². The topological polar surface area (TPSA) is 20.2 Å². The van der Waals surface area contributed by atoms with Crippen LogP contribution in [0.4, 0.5) is 0 Å². The van der Waals surface area contributed by atoms with Crippen LogP contribution in [0.1, 0.15) is 18.1 Å². The molecule has 0 bridgehead atoms. The highest BCUT2D eigenvalue weighted by molar-refractivity contribution is 5.73. The van der Waals surface area contributed by atoms with E-state index in [9.17, 15) is 5.11 Å². The average Bonchev–Trinajstić information content (AvgIpc) is 2.75. The molecular weight excluding hydrogens is 328 g/mol. The predicted molar refractivity (Wildman–Crippen MR) is 112 cm³/mol. The molecule has 4 aromatic carbocycles. The lowest BCUT2D eigenvalue weighted by atomic mass is 9.80. The van der Waals surface area contributed by atoms with E-state index in [1.165, 1.54) is 0 Å². The van der Waals surface area contributed by atoms with Crippen molar-refractivity contribution < 1.29 is 5.11 Å². The van der Waals surface area contributed by atoms with E-state index in [2.05, 4.69) is 36.4 Å². The highest BCUT2D eigenvalue weighted by Gasteiger charge is 2.30. The van der Waals surface area contributed by atoms with Crippen molar-refractivity contribution in [2.45, 2.75) is 12.5 Å². The average molecular weight is 350 g/mol. The van der Waals surface area contributed by atoms with Gasteiger partial charge >= 0.3 is 0 Å². The van der Waals surface area contributed by atoms with Crippen LogP contribution in [0.2, 0.25) is 0 Å². The maximum atomic E-state index is 11.7. The van der Waals surface area contributed by atoms with Crippen molar-refractivity contribution >= 4 is 0 Å². The molecule has 0 spiro atoms. The maximum Gasteiger partial charge on any atom is 0.113 e. The second-order valence-electron chi connectivity index (χ2n) is 6.90. The summed E-state index contributed by atoms with van der Waals surface area (Å²) in [6, 6.07) is 36.6. The zero-order chi connectivity index (χ0) is 18.7. The summed E-state index contributed by atoms with van der Waals surface area (Å²) in [4.78, 5) is 0. The SMILES string of the molecule is CC(O)(c1ccccc1-c1ccccc1)c1ccccc1-c1ccccc1. The molecule has 1 nitrogen and oxygen atoms in total. The van der Waals surface area contributed by atoms with Gasteiger partial charge in [0.15, 0.2) is 0 Å². The molecular formula is C26H22O. The Morgan fingerprint density at radius 1 is 0.481 bits per heavy atom. The number of aliphatic hydroxyl groups is 1. The molecule has 0 unspecified atom stereocenters. The van der Waals surface area contributed by atoms with E-state index in [0.29, 0.717) is 0 Å². The number of hydrogen-bond acceptors (Lipinski definition) is 1. The third-order valence-electron chi connectivity index (χ3n) is 5.07. The first-order valence-corrected chi connectivity index (χ1v) is 9.20. The monoisotopic (exact) mass is 350 g/mol. The summed E-state index contributed by atoms with van der Waals surface area (Å²) >= 11 is 0. The highest BCUT2D eigenvalue weighted by atomic mass is 16.3. The molecule has 4 rings (SSSR count). The third kappa shape index (κ3) is 3.30. The van der Waals surface area contributed by atoms with Gasteiger partial charge in [-0.25, -0.2) is 0 Å². The summed E-state index contributed by atoms with van der Waals surface area (Å²) in [6.45, 7) is 1.89. The van der Waals surface area contributed by atoms with Gasteiger partial charge in [-0.1, -0.05) is 109 Å². The van der Waals surface area contributed by atoms with Gasteiger partial charge in [0, 0.05) is 0 Å². The predicted octanol–water partition coefficient (Wildman–Crippen LogP) is 6.28. The van der Waals surface area contributed by atoms with E-state index in [-0.39, 0.29) is 0 Å². The number of hydrogen-bond donors (Lipinski definition) is 1. The summed E-state index contributed by atoms with van der Waals surface area (Å²) in [5.41, 5.74) is 4.98. The third-order valence-corrected chi connectivity index (χ3v) is 5.07. The maximum absolute atomic E-state index is 11.7. The van der Waals surface area contributed by atoms with Gasteiger partial charge in [0.05, 0.1) is 0 Å². The van der Waals surface area contributed by atoms with Gasteiger partial charge in [0.1, 0.15) is 5.60 Å². The van der Waals surface area contributed by atoms with Crippen LogP contribution in [-0.2, 0) is 5.60 Å². The fourth-order valence-corrected chi connectivity index (χ4v) is 3.70. The van der Waals surface area contributed by atoms with Crippen LogP contribution < -0.4 is 0 Å². The lowest BCUT2D eigenvalue weighted by Crippen LogP contribution is -2.24. The molecule has 1 heteroatoms. The zero-order valence-corrected chi connectivity index (χ0v) is 15.3. The normalized spacial score (nSPS) is 11.3. The Balaban J connectivity index is 1.90. The molecule has 0 amide bonds. The van der Waals surface area contributed by atoms with E-state index in [1.807, 2.05) is 79.7 Å². The molecule has 0 radical (unpaired) electrons. The first-order chi connectivity index (χ1) is 13.2.